The Bertz CT molecular complexity index is 1340. The minimum absolute atomic E-state index is 0.183. The van der Waals surface area contributed by atoms with Gasteiger partial charge in [0.05, 0.1) is 6.61 Å². The Labute approximate surface area is 205 Å². The number of benzene rings is 2. The van der Waals surface area contributed by atoms with Gasteiger partial charge >= 0.3 is 12.0 Å². The number of fused-ring (bicyclic) bond motifs is 2. The van der Waals surface area contributed by atoms with E-state index >= 15 is 0 Å². The number of hydrogen-bond acceptors (Lipinski definition) is 6. The number of imide groups is 1. The topological polar surface area (TPSA) is 105 Å². The van der Waals surface area contributed by atoms with Crippen molar-refractivity contribution >= 4 is 40.2 Å². The molecule has 35 heavy (non-hydrogen) atoms. The van der Waals surface area contributed by atoms with Crippen LogP contribution in [-0.2, 0) is 26.3 Å². The van der Waals surface area contributed by atoms with Gasteiger partial charge in [0.25, 0.3) is 5.91 Å². The Morgan fingerprint density at radius 3 is 2.63 bits per heavy atom. The van der Waals surface area contributed by atoms with Gasteiger partial charge in [0, 0.05) is 10.9 Å². The van der Waals surface area contributed by atoms with E-state index in [1.807, 2.05) is 54.6 Å². The van der Waals surface area contributed by atoms with E-state index in [2.05, 4.69) is 10.6 Å². The van der Waals surface area contributed by atoms with Crippen LogP contribution in [0.25, 0.3) is 11.1 Å². The van der Waals surface area contributed by atoms with Gasteiger partial charge in [0.1, 0.15) is 22.6 Å². The summed E-state index contributed by atoms with van der Waals surface area (Å²) in [6, 6.07) is 16.2. The molecule has 4 amide bonds. The molecule has 2 aliphatic rings. The number of amides is 4. The molecule has 3 aromatic rings. The molecule has 1 aliphatic heterocycles. The lowest BCUT2D eigenvalue weighted by Gasteiger charge is -2.22. The maximum atomic E-state index is 13.3. The third-order valence-corrected chi connectivity index (χ3v) is 7.23. The van der Waals surface area contributed by atoms with E-state index in [4.69, 9.17) is 4.74 Å². The maximum absolute atomic E-state index is 13.3. The minimum Gasteiger partial charge on any atom is -0.462 e. The Morgan fingerprint density at radius 2 is 1.86 bits per heavy atom. The van der Waals surface area contributed by atoms with E-state index in [1.165, 1.54) is 11.3 Å². The van der Waals surface area contributed by atoms with Crippen LogP contribution < -0.4 is 10.6 Å². The summed E-state index contributed by atoms with van der Waals surface area (Å²) < 4.78 is 5.22. The number of nitrogens with zero attached hydrogens (tertiary/aromatic N) is 1. The van der Waals surface area contributed by atoms with Crippen molar-refractivity contribution in [1.82, 2.24) is 10.2 Å². The molecule has 1 unspecified atom stereocenters. The van der Waals surface area contributed by atoms with Gasteiger partial charge in [-0.15, -0.1) is 11.3 Å². The van der Waals surface area contributed by atoms with Gasteiger partial charge in [-0.25, -0.2) is 9.59 Å². The zero-order chi connectivity index (χ0) is 24.6. The Balaban J connectivity index is 1.37. The fourth-order valence-corrected chi connectivity index (χ4v) is 5.70. The van der Waals surface area contributed by atoms with Crippen LogP contribution in [0, 0.1) is 0 Å². The quantitative estimate of drug-likeness (QED) is 0.403. The molecule has 0 radical (unpaired) electrons. The minimum atomic E-state index is -1.13. The van der Waals surface area contributed by atoms with Crippen molar-refractivity contribution in [2.45, 2.75) is 25.3 Å². The van der Waals surface area contributed by atoms with Crippen LogP contribution in [0.1, 0.15) is 34.8 Å². The summed E-state index contributed by atoms with van der Waals surface area (Å²) >= 11 is 1.19. The molecule has 1 atom stereocenters. The van der Waals surface area contributed by atoms with Crippen molar-refractivity contribution in [2.24, 2.45) is 0 Å². The van der Waals surface area contributed by atoms with Crippen molar-refractivity contribution in [2.75, 3.05) is 18.5 Å². The van der Waals surface area contributed by atoms with E-state index in [-0.39, 0.29) is 12.2 Å². The number of hydrogen-bond donors (Lipinski definition) is 2. The zero-order valence-corrected chi connectivity index (χ0v) is 19.8. The number of urea groups is 1. The van der Waals surface area contributed by atoms with Crippen molar-refractivity contribution in [1.29, 1.82) is 0 Å². The van der Waals surface area contributed by atoms with Crippen LogP contribution in [0.5, 0.6) is 0 Å². The third kappa shape index (κ3) is 3.87. The molecular formula is C26H23N3O5S. The first kappa shape index (κ1) is 22.8. The molecule has 5 rings (SSSR count). The Hall–Kier alpha value is -3.98. The van der Waals surface area contributed by atoms with Crippen LogP contribution in [-0.4, -0.2) is 41.9 Å². The first-order valence-corrected chi connectivity index (χ1v) is 12.2. The molecule has 1 saturated heterocycles. The van der Waals surface area contributed by atoms with Crippen molar-refractivity contribution in [3.8, 4) is 11.1 Å². The van der Waals surface area contributed by atoms with Gasteiger partial charge in [0.2, 0.25) is 5.91 Å². The summed E-state index contributed by atoms with van der Waals surface area (Å²) in [4.78, 5) is 52.7. The van der Waals surface area contributed by atoms with Gasteiger partial charge < -0.3 is 15.4 Å². The molecule has 1 aliphatic carbocycles. The smallest absolute Gasteiger partial charge is 0.341 e. The predicted octanol–water partition coefficient (Wildman–Crippen LogP) is 3.92. The van der Waals surface area contributed by atoms with Gasteiger partial charge in [-0.1, -0.05) is 54.6 Å². The van der Waals surface area contributed by atoms with Crippen LogP contribution in [0.15, 0.2) is 60.0 Å². The lowest BCUT2D eigenvalue weighted by molar-refractivity contribution is -0.134. The number of aryl methyl sites for hydroxylation is 1. The highest BCUT2D eigenvalue weighted by Gasteiger charge is 2.55. The monoisotopic (exact) mass is 489 g/mol. The van der Waals surface area contributed by atoms with Crippen LogP contribution in [0.2, 0.25) is 0 Å². The highest BCUT2D eigenvalue weighted by atomic mass is 32.1. The number of carbonyl (C=O) groups excluding carboxylic acids is 4. The number of thiophene rings is 1. The first-order chi connectivity index (χ1) is 16.9. The molecule has 2 aromatic carbocycles. The molecule has 1 spiro atoms. The van der Waals surface area contributed by atoms with Crippen molar-refractivity contribution in [3.63, 3.8) is 0 Å². The second kappa shape index (κ2) is 8.99. The summed E-state index contributed by atoms with van der Waals surface area (Å²) in [7, 11) is 0. The Morgan fingerprint density at radius 1 is 1.11 bits per heavy atom. The lowest BCUT2D eigenvalue weighted by atomic mass is 9.92. The SMILES string of the molecule is CCOC(=O)c1c(-c2ccccc2)csc1NC(=O)CN1C(=O)NC2(CCc3ccccc32)C1=O. The predicted molar refractivity (Wildman–Crippen MR) is 131 cm³/mol. The third-order valence-electron chi connectivity index (χ3n) is 6.33. The fraction of sp³-hybridized carbons (Fsp3) is 0.231. The molecule has 0 saturated carbocycles. The highest BCUT2D eigenvalue weighted by Crippen LogP contribution is 2.41. The molecular weight excluding hydrogens is 466 g/mol. The largest absolute Gasteiger partial charge is 0.462 e. The molecule has 178 valence electrons. The molecule has 8 nitrogen and oxygen atoms in total. The van der Waals surface area contributed by atoms with Crippen LogP contribution in [0.3, 0.4) is 0 Å². The van der Waals surface area contributed by atoms with E-state index in [1.54, 1.807) is 12.3 Å². The normalized spacial score (nSPS) is 18.5. The molecule has 2 N–H and O–H groups in total. The maximum Gasteiger partial charge on any atom is 0.341 e. The zero-order valence-electron chi connectivity index (χ0n) is 19.0. The standard InChI is InChI=1S/C26H23N3O5S/c1-2-34-23(31)21-18(16-8-4-3-5-9-16)15-35-22(21)27-20(30)14-29-24(32)26(28-25(29)33)13-12-17-10-6-7-11-19(17)26/h3-11,15H,2,12-14H2,1H3,(H,27,30)(H,28,33). The molecule has 1 fully saturated rings. The second-order valence-corrected chi connectivity index (χ2v) is 9.25. The summed E-state index contributed by atoms with van der Waals surface area (Å²) in [5.41, 5.74) is 2.35. The van der Waals surface area contributed by atoms with E-state index in [0.717, 1.165) is 21.6 Å². The summed E-state index contributed by atoms with van der Waals surface area (Å²) in [5.74, 6) is -1.58. The Kier molecular flexibility index (Phi) is 5.86. The van der Waals surface area contributed by atoms with E-state index in [0.29, 0.717) is 23.4 Å². The van der Waals surface area contributed by atoms with E-state index < -0.39 is 35.9 Å². The van der Waals surface area contributed by atoms with Crippen molar-refractivity contribution < 1.29 is 23.9 Å². The fourth-order valence-electron chi connectivity index (χ4n) is 4.73. The first-order valence-electron chi connectivity index (χ1n) is 11.3. The van der Waals surface area contributed by atoms with Gasteiger partial charge in [0.15, 0.2) is 0 Å². The molecule has 9 heteroatoms. The molecule has 1 aromatic heterocycles. The van der Waals surface area contributed by atoms with Gasteiger partial charge in [-0.3, -0.25) is 14.5 Å². The van der Waals surface area contributed by atoms with E-state index in [9.17, 15) is 19.2 Å². The number of rotatable bonds is 6. The summed E-state index contributed by atoms with van der Waals surface area (Å²) in [5, 5.41) is 7.60. The van der Waals surface area contributed by atoms with Gasteiger partial charge in [-0.2, -0.15) is 0 Å². The lowest BCUT2D eigenvalue weighted by Crippen LogP contribution is -2.43. The van der Waals surface area contributed by atoms with Gasteiger partial charge in [-0.05, 0) is 36.5 Å². The number of nitrogens with one attached hydrogen (secondary N) is 2. The highest BCUT2D eigenvalue weighted by molar-refractivity contribution is 7.15. The second-order valence-electron chi connectivity index (χ2n) is 8.37. The van der Waals surface area contributed by atoms with Crippen LogP contribution >= 0.6 is 11.3 Å². The number of ether oxygens (including phenoxy) is 1. The summed E-state index contributed by atoms with van der Waals surface area (Å²) in [6.45, 7) is 1.43. The summed E-state index contributed by atoms with van der Waals surface area (Å²) in [6.07, 6.45) is 1.12. The molecule has 0 bridgehead atoms. The number of carbonyl (C=O) groups is 4. The number of anilines is 1. The average Bonchev–Trinajstić information content (AvgIpc) is 3.51. The van der Waals surface area contributed by atoms with Crippen LogP contribution in [0.4, 0.5) is 9.80 Å². The molecule has 2 heterocycles. The van der Waals surface area contributed by atoms with Crippen molar-refractivity contribution in [3.05, 3.63) is 76.7 Å². The number of esters is 1. The average molecular weight is 490 g/mol.